The molecular weight excluding hydrogens is 352 g/mol. The minimum atomic E-state index is -0.656. The van der Waals surface area contributed by atoms with Crippen LogP contribution in [0.25, 0.3) is 0 Å². The lowest BCUT2D eigenvalue weighted by Crippen LogP contribution is -2.38. The summed E-state index contributed by atoms with van der Waals surface area (Å²) in [4.78, 5) is 37.7. The van der Waals surface area contributed by atoms with Crippen molar-refractivity contribution in [3.8, 4) is 0 Å². The Bertz CT molecular complexity index is 771. The van der Waals surface area contributed by atoms with Gasteiger partial charge in [-0.15, -0.1) is 0 Å². The SMILES string of the molecule is CCCC(=O)Nc1ccc(N2COCC(C(=O)OC)=C2C(=O)OC)cc1C. The molecule has 1 N–H and O–H groups in total. The Kier molecular flexibility index (Phi) is 6.95. The Labute approximate surface area is 158 Å². The maximum atomic E-state index is 12.3. The number of carbonyl (C=O) groups excluding carboxylic acids is 3. The summed E-state index contributed by atoms with van der Waals surface area (Å²) in [5, 5.41) is 2.86. The molecule has 8 nitrogen and oxygen atoms in total. The van der Waals surface area contributed by atoms with Gasteiger partial charge in [-0.25, -0.2) is 9.59 Å². The predicted molar refractivity (Wildman–Crippen MR) is 99.1 cm³/mol. The van der Waals surface area contributed by atoms with Crippen LogP contribution >= 0.6 is 0 Å². The highest BCUT2D eigenvalue weighted by atomic mass is 16.5. The predicted octanol–water partition coefficient (Wildman–Crippen LogP) is 2.13. The van der Waals surface area contributed by atoms with Gasteiger partial charge in [-0.1, -0.05) is 6.92 Å². The highest BCUT2D eigenvalue weighted by molar-refractivity contribution is 6.03. The summed E-state index contributed by atoms with van der Waals surface area (Å²) in [6, 6.07) is 5.29. The van der Waals surface area contributed by atoms with Crippen LogP contribution in [0.1, 0.15) is 25.3 Å². The molecular formula is C19H24N2O6. The van der Waals surface area contributed by atoms with Crippen LogP contribution in [0, 0.1) is 6.92 Å². The summed E-state index contributed by atoms with van der Waals surface area (Å²) in [6.07, 6.45) is 1.20. The first-order chi connectivity index (χ1) is 12.9. The normalized spacial score (nSPS) is 14.0. The summed E-state index contributed by atoms with van der Waals surface area (Å²) >= 11 is 0. The number of nitrogens with one attached hydrogen (secondary N) is 1. The summed E-state index contributed by atoms with van der Waals surface area (Å²) in [6.45, 7) is 3.81. The van der Waals surface area contributed by atoms with Crippen molar-refractivity contribution in [1.82, 2.24) is 0 Å². The Morgan fingerprint density at radius 2 is 1.89 bits per heavy atom. The second-order valence-corrected chi connectivity index (χ2v) is 6.01. The first-order valence-corrected chi connectivity index (χ1v) is 8.58. The van der Waals surface area contributed by atoms with E-state index < -0.39 is 11.9 Å². The molecule has 2 rings (SSSR count). The van der Waals surface area contributed by atoms with E-state index in [0.717, 1.165) is 12.0 Å². The van der Waals surface area contributed by atoms with Crippen molar-refractivity contribution in [2.75, 3.05) is 37.8 Å². The number of hydrogen-bond acceptors (Lipinski definition) is 7. The number of benzene rings is 1. The minimum absolute atomic E-state index is 0.0439. The van der Waals surface area contributed by atoms with Crippen LogP contribution < -0.4 is 10.2 Å². The lowest BCUT2D eigenvalue weighted by atomic mass is 10.1. The van der Waals surface area contributed by atoms with Crippen molar-refractivity contribution in [2.45, 2.75) is 26.7 Å². The molecule has 0 atom stereocenters. The standard InChI is InChI=1S/C19H24N2O6/c1-5-6-16(22)20-15-8-7-13(9-12(15)2)21-11-27-10-14(18(23)25-3)17(21)19(24)26-4/h7-9H,5-6,10-11H2,1-4H3,(H,20,22). The second kappa shape index (κ2) is 9.18. The number of carbonyl (C=O) groups is 3. The molecule has 0 spiro atoms. The van der Waals surface area contributed by atoms with Gasteiger partial charge in [0.25, 0.3) is 0 Å². The quantitative estimate of drug-likeness (QED) is 0.760. The minimum Gasteiger partial charge on any atom is -0.466 e. The van der Waals surface area contributed by atoms with Gasteiger partial charge in [-0.2, -0.15) is 0 Å². The lowest BCUT2D eigenvalue weighted by Gasteiger charge is -2.31. The topological polar surface area (TPSA) is 94.2 Å². The van der Waals surface area contributed by atoms with E-state index in [9.17, 15) is 14.4 Å². The number of esters is 2. The molecule has 0 radical (unpaired) electrons. The molecule has 8 heteroatoms. The molecule has 1 aromatic rings. The number of methoxy groups -OCH3 is 2. The highest BCUT2D eigenvalue weighted by Crippen LogP contribution is 2.29. The zero-order valence-electron chi connectivity index (χ0n) is 16.0. The number of amides is 1. The number of anilines is 2. The largest absolute Gasteiger partial charge is 0.466 e. The van der Waals surface area contributed by atoms with Crippen molar-refractivity contribution in [3.05, 3.63) is 35.0 Å². The maximum absolute atomic E-state index is 12.3. The van der Waals surface area contributed by atoms with Gasteiger partial charge in [-0.3, -0.25) is 4.79 Å². The van der Waals surface area contributed by atoms with E-state index in [0.29, 0.717) is 17.8 Å². The number of rotatable bonds is 6. The van der Waals surface area contributed by atoms with Gasteiger partial charge < -0.3 is 24.4 Å². The Morgan fingerprint density at radius 3 is 2.48 bits per heavy atom. The van der Waals surface area contributed by atoms with Gasteiger partial charge in [0.05, 0.1) is 26.4 Å². The van der Waals surface area contributed by atoms with Gasteiger partial charge in [-0.05, 0) is 37.1 Å². The van der Waals surface area contributed by atoms with Crippen LogP contribution in [-0.4, -0.2) is 45.4 Å². The average Bonchev–Trinajstić information content (AvgIpc) is 2.67. The molecule has 1 aliphatic rings. The smallest absolute Gasteiger partial charge is 0.355 e. The molecule has 1 amide bonds. The summed E-state index contributed by atoms with van der Waals surface area (Å²) in [7, 11) is 2.48. The van der Waals surface area contributed by atoms with Gasteiger partial charge in [0.15, 0.2) is 0 Å². The molecule has 0 aliphatic carbocycles. The van der Waals surface area contributed by atoms with Crippen molar-refractivity contribution >= 4 is 29.2 Å². The highest BCUT2D eigenvalue weighted by Gasteiger charge is 2.32. The van der Waals surface area contributed by atoms with E-state index in [-0.39, 0.29) is 30.5 Å². The van der Waals surface area contributed by atoms with Gasteiger partial charge in [0.2, 0.25) is 5.91 Å². The van der Waals surface area contributed by atoms with Crippen LogP contribution in [0.2, 0.25) is 0 Å². The molecule has 0 unspecified atom stereocenters. The molecule has 1 heterocycles. The van der Waals surface area contributed by atoms with Gasteiger partial charge >= 0.3 is 11.9 Å². The Hall–Kier alpha value is -2.87. The van der Waals surface area contributed by atoms with Crippen molar-refractivity contribution < 1.29 is 28.6 Å². The number of nitrogens with zero attached hydrogens (tertiary/aromatic N) is 1. The number of aryl methyl sites for hydroxylation is 1. The molecule has 1 aromatic carbocycles. The van der Waals surface area contributed by atoms with Crippen LogP contribution in [0.5, 0.6) is 0 Å². The fraction of sp³-hybridized carbons (Fsp3) is 0.421. The molecule has 0 saturated heterocycles. The second-order valence-electron chi connectivity index (χ2n) is 6.01. The Morgan fingerprint density at radius 1 is 1.19 bits per heavy atom. The zero-order valence-corrected chi connectivity index (χ0v) is 16.0. The van der Waals surface area contributed by atoms with Crippen molar-refractivity contribution in [1.29, 1.82) is 0 Å². The summed E-state index contributed by atoms with van der Waals surface area (Å²) in [5.74, 6) is -1.37. The monoisotopic (exact) mass is 376 g/mol. The van der Waals surface area contributed by atoms with Crippen LogP contribution in [0.4, 0.5) is 11.4 Å². The molecule has 146 valence electrons. The first-order valence-electron chi connectivity index (χ1n) is 8.58. The molecule has 27 heavy (non-hydrogen) atoms. The molecule has 0 bridgehead atoms. The fourth-order valence-electron chi connectivity index (χ4n) is 2.74. The van der Waals surface area contributed by atoms with Gasteiger partial charge in [0.1, 0.15) is 12.4 Å². The third-order valence-electron chi connectivity index (χ3n) is 4.11. The van der Waals surface area contributed by atoms with E-state index in [2.05, 4.69) is 5.32 Å². The van der Waals surface area contributed by atoms with E-state index in [1.165, 1.54) is 14.2 Å². The zero-order chi connectivity index (χ0) is 20.0. The molecule has 0 saturated carbocycles. The van der Waals surface area contributed by atoms with E-state index in [1.54, 1.807) is 23.1 Å². The van der Waals surface area contributed by atoms with E-state index >= 15 is 0 Å². The van der Waals surface area contributed by atoms with Crippen LogP contribution in [0.3, 0.4) is 0 Å². The summed E-state index contributed by atoms with van der Waals surface area (Å²) < 4.78 is 15.0. The molecule has 1 aliphatic heterocycles. The maximum Gasteiger partial charge on any atom is 0.355 e. The third-order valence-corrected chi connectivity index (χ3v) is 4.11. The summed E-state index contributed by atoms with van der Waals surface area (Å²) in [5.41, 5.74) is 2.30. The van der Waals surface area contributed by atoms with Crippen LogP contribution in [0.15, 0.2) is 29.5 Å². The third kappa shape index (κ3) is 4.65. The number of hydrogen-bond donors (Lipinski definition) is 1. The van der Waals surface area contributed by atoms with Crippen LogP contribution in [-0.2, 0) is 28.6 Å². The average molecular weight is 376 g/mol. The van der Waals surface area contributed by atoms with E-state index in [4.69, 9.17) is 14.2 Å². The lowest BCUT2D eigenvalue weighted by molar-refractivity contribution is -0.140. The number of ether oxygens (including phenoxy) is 3. The van der Waals surface area contributed by atoms with Gasteiger partial charge in [0, 0.05) is 17.8 Å². The Balaban J connectivity index is 2.40. The first kappa shape index (κ1) is 20.4. The van der Waals surface area contributed by atoms with Crippen molar-refractivity contribution in [2.24, 2.45) is 0 Å². The van der Waals surface area contributed by atoms with E-state index in [1.807, 2.05) is 13.8 Å². The van der Waals surface area contributed by atoms with Crippen molar-refractivity contribution in [3.63, 3.8) is 0 Å². The fourth-order valence-corrected chi connectivity index (χ4v) is 2.74. The molecule has 0 fully saturated rings. The molecule has 0 aromatic heterocycles.